The van der Waals surface area contributed by atoms with E-state index < -0.39 is 28.4 Å². The molecule has 0 radical (unpaired) electrons. The number of fused-ring (bicyclic) bond motifs is 1. The maximum absolute atomic E-state index is 13.8. The monoisotopic (exact) mass is 531 g/mol. The summed E-state index contributed by atoms with van der Waals surface area (Å²) in [5, 5.41) is 11.0. The number of ether oxygens (including phenoxy) is 2. The summed E-state index contributed by atoms with van der Waals surface area (Å²) in [5.74, 6) is -0.338. The predicted molar refractivity (Wildman–Crippen MR) is 139 cm³/mol. The van der Waals surface area contributed by atoms with Gasteiger partial charge < -0.3 is 13.9 Å². The van der Waals surface area contributed by atoms with E-state index in [4.69, 9.17) is 18.9 Å². The molecule has 11 heteroatoms. The molecular formula is C27H21N3O7S. The Hall–Kier alpha value is -4.77. The van der Waals surface area contributed by atoms with E-state index in [0.717, 1.165) is 11.3 Å². The minimum atomic E-state index is -0.872. The Morgan fingerprint density at radius 2 is 1.97 bits per heavy atom. The molecule has 2 aromatic carbocycles. The van der Waals surface area contributed by atoms with Gasteiger partial charge in [-0.05, 0) is 30.7 Å². The highest BCUT2D eigenvalue weighted by Gasteiger charge is 2.35. The average molecular weight is 532 g/mol. The van der Waals surface area contributed by atoms with Gasteiger partial charge in [-0.25, -0.2) is 9.79 Å². The molecule has 0 aliphatic carbocycles. The van der Waals surface area contributed by atoms with Gasteiger partial charge in [0.25, 0.3) is 5.56 Å². The first kappa shape index (κ1) is 24.9. The molecule has 192 valence electrons. The molecule has 4 aromatic rings. The van der Waals surface area contributed by atoms with Crippen molar-refractivity contribution in [2.75, 3.05) is 13.7 Å². The largest absolute Gasteiger partial charge is 0.497 e. The number of nitro groups is 1. The number of methoxy groups -OCH3 is 1. The van der Waals surface area contributed by atoms with Gasteiger partial charge in [0.05, 0.1) is 41.6 Å². The quantitative estimate of drug-likeness (QED) is 0.203. The third-order valence-corrected chi connectivity index (χ3v) is 6.83. The number of aromatic nitrogens is 1. The van der Waals surface area contributed by atoms with Gasteiger partial charge in [-0.1, -0.05) is 53.8 Å². The zero-order chi connectivity index (χ0) is 26.8. The molecule has 5 rings (SSSR count). The number of rotatable bonds is 7. The van der Waals surface area contributed by atoms with Gasteiger partial charge in [0.15, 0.2) is 4.80 Å². The van der Waals surface area contributed by atoms with Crippen molar-refractivity contribution in [1.82, 2.24) is 4.57 Å². The summed E-state index contributed by atoms with van der Waals surface area (Å²) in [6.07, 6.45) is 1.43. The van der Waals surface area contributed by atoms with Gasteiger partial charge in [0.2, 0.25) is 0 Å². The predicted octanol–water partition coefficient (Wildman–Crippen LogP) is 3.45. The van der Waals surface area contributed by atoms with Gasteiger partial charge >= 0.3 is 11.9 Å². The fraction of sp³-hybridized carbons (Fsp3) is 0.148. The number of carbonyl (C=O) groups excluding carboxylic acids is 1. The van der Waals surface area contributed by atoms with Crippen molar-refractivity contribution in [2.24, 2.45) is 4.99 Å². The van der Waals surface area contributed by atoms with Crippen LogP contribution in [-0.2, 0) is 9.53 Å². The second kappa shape index (κ2) is 10.3. The molecule has 0 saturated carbocycles. The van der Waals surface area contributed by atoms with Crippen molar-refractivity contribution in [2.45, 2.75) is 13.0 Å². The Balaban J connectivity index is 1.82. The lowest BCUT2D eigenvalue weighted by Gasteiger charge is -2.26. The van der Waals surface area contributed by atoms with Crippen molar-refractivity contribution in [1.29, 1.82) is 0 Å². The fourth-order valence-electron chi connectivity index (χ4n) is 4.21. The van der Waals surface area contributed by atoms with Crippen LogP contribution in [0.2, 0.25) is 0 Å². The molecule has 0 amide bonds. The van der Waals surface area contributed by atoms with E-state index in [1.165, 1.54) is 29.9 Å². The van der Waals surface area contributed by atoms with E-state index >= 15 is 0 Å². The van der Waals surface area contributed by atoms with Crippen molar-refractivity contribution >= 4 is 35.0 Å². The van der Waals surface area contributed by atoms with Crippen LogP contribution in [-0.4, -0.2) is 29.2 Å². The molecular weight excluding hydrogens is 510 g/mol. The summed E-state index contributed by atoms with van der Waals surface area (Å²) in [7, 11) is 1.53. The van der Waals surface area contributed by atoms with Gasteiger partial charge in [0.1, 0.15) is 16.4 Å². The lowest BCUT2D eigenvalue weighted by atomic mass is 9.93. The van der Waals surface area contributed by atoms with Crippen LogP contribution in [0, 0.1) is 10.1 Å². The van der Waals surface area contributed by atoms with Gasteiger partial charge in [-0.2, -0.15) is 0 Å². The van der Waals surface area contributed by atoms with Crippen LogP contribution in [0.25, 0.3) is 11.8 Å². The summed E-state index contributed by atoms with van der Waals surface area (Å²) in [6, 6.07) is 18.0. The third-order valence-electron chi connectivity index (χ3n) is 5.85. The average Bonchev–Trinajstić information content (AvgIpc) is 3.53. The van der Waals surface area contributed by atoms with E-state index in [2.05, 4.69) is 0 Å². The number of nitrogens with zero attached hydrogens (tertiary/aromatic N) is 3. The highest BCUT2D eigenvalue weighted by molar-refractivity contribution is 7.07. The molecule has 1 atom stereocenters. The molecule has 0 fully saturated rings. The minimum absolute atomic E-state index is 0.136. The van der Waals surface area contributed by atoms with E-state index in [9.17, 15) is 19.7 Å². The molecule has 0 N–H and O–H groups in total. The fourth-order valence-corrected chi connectivity index (χ4v) is 5.20. The summed E-state index contributed by atoms with van der Waals surface area (Å²) in [6.45, 7) is 1.84. The number of hydrogen-bond acceptors (Lipinski definition) is 9. The molecule has 2 aromatic heterocycles. The van der Waals surface area contributed by atoms with E-state index in [1.807, 2.05) is 30.3 Å². The minimum Gasteiger partial charge on any atom is -0.497 e. The molecule has 3 heterocycles. The first-order valence-electron chi connectivity index (χ1n) is 11.6. The lowest BCUT2D eigenvalue weighted by Crippen LogP contribution is -2.40. The number of thiazole rings is 1. The third kappa shape index (κ3) is 4.55. The van der Waals surface area contributed by atoms with Crippen LogP contribution >= 0.6 is 11.3 Å². The van der Waals surface area contributed by atoms with Crippen LogP contribution in [0.4, 0.5) is 5.88 Å². The summed E-state index contributed by atoms with van der Waals surface area (Å²) < 4.78 is 17.7. The zero-order valence-corrected chi connectivity index (χ0v) is 21.1. The number of hydrogen-bond donors (Lipinski definition) is 0. The van der Waals surface area contributed by atoms with E-state index in [1.54, 1.807) is 31.2 Å². The van der Waals surface area contributed by atoms with Crippen molar-refractivity contribution in [3.8, 4) is 5.75 Å². The van der Waals surface area contributed by atoms with Crippen LogP contribution in [0.15, 0.2) is 86.5 Å². The Morgan fingerprint density at radius 3 is 2.66 bits per heavy atom. The maximum atomic E-state index is 13.8. The van der Waals surface area contributed by atoms with E-state index in [0.29, 0.717) is 27.4 Å². The number of carbonyl (C=O) groups is 1. The first-order chi connectivity index (χ1) is 18.4. The first-order valence-corrected chi connectivity index (χ1v) is 12.4. The van der Waals surface area contributed by atoms with Crippen LogP contribution < -0.4 is 19.6 Å². The standard InChI is InChI=1S/C27H21N3O7S/c1-3-36-26(32)22-23(16-8-5-4-6-9-16)28-27-29(24(22)17-10-7-11-18(14-17)35-2)25(31)20(38-27)15-19-12-13-21(37-19)30(33)34/h4-15,24H,3H2,1-2H3/b20-15-. The molecule has 0 spiro atoms. The molecule has 10 nitrogen and oxygen atoms in total. The van der Waals surface area contributed by atoms with Crippen LogP contribution in [0.5, 0.6) is 5.75 Å². The number of esters is 1. The second-order valence-electron chi connectivity index (χ2n) is 8.14. The summed E-state index contributed by atoms with van der Waals surface area (Å²) >= 11 is 1.09. The summed E-state index contributed by atoms with van der Waals surface area (Å²) in [4.78, 5) is 42.7. The number of furan rings is 1. The zero-order valence-electron chi connectivity index (χ0n) is 20.3. The van der Waals surface area contributed by atoms with Gasteiger partial charge in [-0.15, -0.1) is 0 Å². The normalized spacial score (nSPS) is 15.1. The lowest BCUT2D eigenvalue weighted by molar-refractivity contribution is -0.402. The van der Waals surface area contributed by atoms with E-state index in [-0.39, 0.29) is 22.5 Å². The van der Waals surface area contributed by atoms with Gasteiger partial charge in [0, 0.05) is 11.6 Å². The second-order valence-corrected chi connectivity index (χ2v) is 9.15. The Kier molecular flexibility index (Phi) is 6.75. The molecule has 1 aliphatic rings. The maximum Gasteiger partial charge on any atom is 0.433 e. The van der Waals surface area contributed by atoms with Crippen molar-refractivity contribution in [3.05, 3.63) is 119 Å². The van der Waals surface area contributed by atoms with Crippen LogP contribution in [0.1, 0.15) is 29.9 Å². The molecule has 0 saturated heterocycles. The molecule has 0 bridgehead atoms. The van der Waals surface area contributed by atoms with Crippen molar-refractivity contribution < 1.29 is 23.6 Å². The summed E-state index contributed by atoms with van der Waals surface area (Å²) in [5.41, 5.74) is 1.46. The number of benzene rings is 2. The van der Waals surface area contributed by atoms with Gasteiger partial charge in [-0.3, -0.25) is 19.5 Å². The smallest absolute Gasteiger partial charge is 0.433 e. The molecule has 38 heavy (non-hydrogen) atoms. The topological polar surface area (TPSA) is 126 Å². The SMILES string of the molecule is CCOC(=O)C1=C(c2ccccc2)N=c2s/c(=C\c3ccc([N+](=O)[O-])o3)c(=O)n2C1c1cccc(OC)c1. The Bertz CT molecular complexity index is 1750. The molecule has 1 aliphatic heterocycles. The Labute approximate surface area is 219 Å². The molecule has 1 unspecified atom stereocenters. The van der Waals surface area contributed by atoms with Crippen LogP contribution in [0.3, 0.4) is 0 Å². The highest BCUT2D eigenvalue weighted by atomic mass is 32.1. The Morgan fingerprint density at radius 1 is 1.18 bits per heavy atom. The highest BCUT2D eigenvalue weighted by Crippen LogP contribution is 2.36. The van der Waals surface area contributed by atoms with Crippen molar-refractivity contribution in [3.63, 3.8) is 0 Å².